The Labute approximate surface area is 125 Å². The molecule has 0 aromatic rings. The van der Waals surface area contributed by atoms with Crippen molar-refractivity contribution in [2.45, 2.75) is 58.4 Å². The van der Waals surface area contributed by atoms with Crippen LogP contribution in [0.1, 0.15) is 52.9 Å². The smallest absolute Gasteiger partial charge is 0.406 e. The van der Waals surface area contributed by atoms with Crippen LogP contribution in [0.2, 0.25) is 5.54 Å². The van der Waals surface area contributed by atoms with E-state index in [-0.39, 0.29) is 6.09 Å². The van der Waals surface area contributed by atoms with Gasteiger partial charge in [-0.1, -0.05) is 26.2 Å². The minimum atomic E-state index is -1.52. The molecular formula is C14H31NO4Si. The molecule has 0 aliphatic rings. The fourth-order valence-corrected chi connectivity index (χ4v) is 4.34. The minimum Gasteiger partial charge on any atom is -0.453 e. The van der Waals surface area contributed by atoms with Gasteiger partial charge < -0.3 is 18.9 Å². The number of carbonyl (C=O) groups excluding carboxylic acids is 1. The van der Waals surface area contributed by atoms with Crippen LogP contribution in [0.4, 0.5) is 4.79 Å². The first-order chi connectivity index (χ1) is 9.69. The van der Waals surface area contributed by atoms with E-state index in [2.05, 4.69) is 17.0 Å². The average Bonchev–Trinajstić information content (AvgIpc) is 2.46. The summed E-state index contributed by atoms with van der Waals surface area (Å²) in [5.74, 6) is 0. The van der Waals surface area contributed by atoms with Crippen LogP contribution in [0.5, 0.6) is 0 Å². The lowest BCUT2D eigenvalue weighted by molar-refractivity contribution is 0.171. The van der Waals surface area contributed by atoms with Crippen molar-refractivity contribution in [3.63, 3.8) is 0 Å². The molecule has 0 aliphatic carbocycles. The topological polar surface area (TPSA) is 56.8 Å². The van der Waals surface area contributed by atoms with Gasteiger partial charge in [0.1, 0.15) is 0 Å². The number of rotatable bonds is 12. The van der Waals surface area contributed by atoms with Gasteiger partial charge in [-0.25, -0.2) is 4.79 Å². The highest BCUT2D eigenvalue weighted by Crippen LogP contribution is 2.24. The summed E-state index contributed by atoms with van der Waals surface area (Å²) in [5.41, 5.74) is 0.587. The summed E-state index contributed by atoms with van der Waals surface area (Å²) in [6.07, 6.45) is 5.19. The van der Waals surface area contributed by atoms with Crippen LogP contribution in [0.25, 0.3) is 0 Å². The Balaban J connectivity index is 3.79. The number of hydrogen-bond acceptors (Lipinski definition) is 4. The highest BCUT2D eigenvalue weighted by molar-refractivity contribution is 6.46. The average molecular weight is 305 g/mol. The lowest BCUT2D eigenvalue weighted by atomic mass is 10.1. The number of hydrogen-bond donors (Lipinski definition) is 1. The van der Waals surface area contributed by atoms with Crippen molar-refractivity contribution in [3.8, 4) is 0 Å². The van der Waals surface area contributed by atoms with Crippen LogP contribution in [0, 0.1) is 0 Å². The third-order valence-electron chi connectivity index (χ3n) is 3.28. The number of carbonyl (C=O) groups is 1. The fraction of sp³-hybridized carbons (Fsp3) is 0.929. The molecule has 0 radical (unpaired) electrons. The van der Waals surface area contributed by atoms with Crippen molar-refractivity contribution in [2.24, 2.45) is 0 Å². The molecule has 1 N–H and O–H groups in total. The number of nitrogens with one attached hydrogen (secondary N) is 1. The van der Waals surface area contributed by atoms with Crippen molar-refractivity contribution in [1.29, 1.82) is 0 Å². The van der Waals surface area contributed by atoms with Crippen molar-refractivity contribution >= 4 is 15.4 Å². The third kappa shape index (κ3) is 9.33. The van der Waals surface area contributed by atoms with E-state index < -0.39 is 9.28 Å². The Morgan fingerprint density at radius 3 is 2.25 bits per heavy atom. The van der Waals surface area contributed by atoms with Gasteiger partial charge in [-0.2, -0.15) is 0 Å². The molecule has 120 valence electrons. The van der Waals surface area contributed by atoms with E-state index in [0.717, 1.165) is 45.3 Å². The van der Waals surface area contributed by atoms with Crippen molar-refractivity contribution in [2.75, 3.05) is 26.9 Å². The molecule has 1 atom stereocenters. The first-order valence-electron chi connectivity index (χ1n) is 7.74. The molecule has 0 saturated heterocycles. The van der Waals surface area contributed by atoms with Crippen LogP contribution < -0.4 is 5.32 Å². The molecule has 0 rings (SSSR count). The summed E-state index contributed by atoms with van der Waals surface area (Å²) in [6, 6.07) is 0. The maximum Gasteiger partial charge on any atom is 0.406 e. The third-order valence-corrected chi connectivity index (χ3v) is 6.18. The quantitative estimate of drug-likeness (QED) is 0.445. The van der Waals surface area contributed by atoms with Crippen molar-refractivity contribution in [3.05, 3.63) is 0 Å². The van der Waals surface area contributed by atoms with E-state index in [9.17, 15) is 4.79 Å². The van der Waals surface area contributed by atoms with Gasteiger partial charge >= 0.3 is 15.4 Å². The Hall–Kier alpha value is -0.593. The standard InChI is InChI=1S/C14H31NO4Si/c1-5-13(20(18-6-2)19-7-3)11-9-8-10-12-15-14(16)17-4/h13,20H,5-12H2,1-4H3,(H,15,16). The highest BCUT2D eigenvalue weighted by atomic mass is 28.3. The Morgan fingerprint density at radius 2 is 1.75 bits per heavy atom. The van der Waals surface area contributed by atoms with E-state index in [1.54, 1.807) is 0 Å². The molecule has 0 aromatic carbocycles. The largest absolute Gasteiger partial charge is 0.453 e. The van der Waals surface area contributed by atoms with Gasteiger partial charge in [0.15, 0.2) is 0 Å². The number of methoxy groups -OCH3 is 1. The molecule has 1 amide bonds. The molecular weight excluding hydrogens is 274 g/mol. The molecule has 1 unspecified atom stereocenters. The van der Waals surface area contributed by atoms with Gasteiger partial charge in [-0.15, -0.1) is 0 Å². The van der Waals surface area contributed by atoms with Gasteiger partial charge in [0.05, 0.1) is 7.11 Å². The van der Waals surface area contributed by atoms with Gasteiger partial charge in [0, 0.05) is 19.8 Å². The van der Waals surface area contributed by atoms with Gasteiger partial charge in [0.25, 0.3) is 0 Å². The van der Waals surface area contributed by atoms with Crippen molar-refractivity contribution < 1.29 is 18.4 Å². The zero-order valence-corrected chi connectivity index (χ0v) is 14.6. The lowest BCUT2D eigenvalue weighted by Gasteiger charge is -2.23. The normalized spacial score (nSPS) is 12.4. The van der Waals surface area contributed by atoms with Crippen LogP contribution >= 0.6 is 0 Å². The summed E-state index contributed by atoms with van der Waals surface area (Å²) < 4.78 is 16.1. The second kappa shape index (κ2) is 13.4. The predicted molar refractivity (Wildman–Crippen MR) is 83.3 cm³/mol. The Bertz CT molecular complexity index is 235. The van der Waals surface area contributed by atoms with E-state index in [4.69, 9.17) is 8.85 Å². The number of unbranched alkanes of at least 4 members (excludes halogenated alkanes) is 2. The molecule has 0 aromatic heterocycles. The number of amides is 1. The van der Waals surface area contributed by atoms with Crippen LogP contribution in [-0.2, 0) is 13.6 Å². The fourth-order valence-electron chi connectivity index (χ4n) is 2.15. The molecule has 0 aliphatic heterocycles. The van der Waals surface area contributed by atoms with Crippen LogP contribution in [-0.4, -0.2) is 42.2 Å². The summed E-state index contributed by atoms with van der Waals surface area (Å²) in [6.45, 7) is 8.45. The van der Waals surface area contributed by atoms with E-state index in [0.29, 0.717) is 12.1 Å². The summed E-state index contributed by atoms with van der Waals surface area (Å²) >= 11 is 0. The Kier molecular flexibility index (Phi) is 13.0. The molecule has 0 saturated carbocycles. The Morgan fingerprint density at radius 1 is 1.10 bits per heavy atom. The molecule has 0 spiro atoms. The highest BCUT2D eigenvalue weighted by Gasteiger charge is 2.23. The molecule has 0 heterocycles. The van der Waals surface area contributed by atoms with E-state index in [1.807, 2.05) is 13.8 Å². The van der Waals surface area contributed by atoms with E-state index in [1.165, 1.54) is 7.11 Å². The summed E-state index contributed by atoms with van der Waals surface area (Å²) in [7, 11) is -0.136. The van der Waals surface area contributed by atoms with Gasteiger partial charge in [-0.05, 0) is 32.2 Å². The zero-order valence-electron chi connectivity index (χ0n) is 13.4. The van der Waals surface area contributed by atoms with E-state index >= 15 is 0 Å². The monoisotopic (exact) mass is 305 g/mol. The second-order valence-corrected chi connectivity index (χ2v) is 7.06. The summed E-state index contributed by atoms with van der Waals surface area (Å²) in [5, 5.41) is 2.70. The molecule has 6 heteroatoms. The molecule has 0 fully saturated rings. The second-order valence-electron chi connectivity index (χ2n) is 4.72. The van der Waals surface area contributed by atoms with Gasteiger partial charge in [-0.3, -0.25) is 0 Å². The summed E-state index contributed by atoms with van der Waals surface area (Å²) in [4.78, 5) is 10.9. The lowest BCUT2D eigenvalue weighted by Crippen LogP contribution is -2.29. The SMILES string of the molecule is CCO[SiH](OCC)C(CC)CCCCCNC(=O)OC. The molecule has 20 heavy (non-hydrogen) atoms. The predicted octanol–water partition coefficient (Wildman–Crippen LogP) is 2.98. The number of ether oxygens (including phenoxy) is 1. The van der Waals surface area contributed by atoms with Crippen LogP contribution in [0.3, 0.4) is 0 Å². The maximum absolute atomic E-state index is 10.9. The zero-order chi connectivity index (χ0) is 15.2. The first-order valence-corrected chi connectivity index (χ1v) is 9.35. The maximum atomic E-state index is 10.9. The number of alkyl carbamates (subject to hydrolysis) is 1. The van der Waals surface area contributed by atoms with Crippen molar-refractivity contribution in [1.82, 2.24) is 5.32 Å². The molecule has 0 bridgehead atoms. The van der Waals surface area contributed by atoms with Crippen LogP contribution in [0.15, 0.2) is 0 Å². The van der Waals surface area contributed by atoms with Gasteiger partial charge in [0.2, 0.25) is 0 Å². The minimum absolute atomic E-state index is 0.350. The first kappa shape index (κ1) is 19.4. The molecule has 5 nitrogen and oxygen atoms in total.